The van der Waals surface area contributed by atoms with Crippen molar-refractivity contribution in [3.8, 4) is 5.69 Å². The molecule has 2 heterocycles. The fraction of sp³-hybridized carbons (Fsp3) is 0.273. The molecule has 3 aromatic rings. The number of nitrogens with one attached hydrogen (secondary N) is 1. The molecule has 1 aliphatic heterocycles. The zero-order valence-electron chi connectivity index (χ0n) is 16.4. The third-order valence-electron chi connectivity index (χ3n) is 4.97. The molecule has 0 aliphatic carbocycles. The number of hydrogen-bond acceptors (Lipinski definition) is 5. The largest absolute Gasteiger partial charge is 0.376 e. The molecule has 154 valence electrons. The van der Waals surface area contributed by atoms with Crippen molar-refractivity contribution in [2.45, 2.75) is 25.5 Å². The summed E-state index contributed by atoms with van der Waals surface area (Å²) in [6, 6.07) is 17.8. The maximum absolute atomic E-state index is 13.0. The van der Waals surface area contributed by atoms with Gasteiger partial charge >= 0.3 is 5.69 Å². The summed E-state index contributed by atoms with van der Waals surface area (Å²) in [5.74, 6) is -0.623. The van der Waals surface area contributed by atoms with Gasteiger partial charge in [0, 0.05) is 13.2 Å². The van der Waals surface area contributed by atoms with Crippen molar-refractivity contribution in [3.05, 3.63) is 92.8 Å². The van der Waals surface area contributed by atoms with Crippen LogP contribution >= 0.6 is 0 Å². The van der Waals surface area contributed by atoms with E-state index in [-0.39, 0.29) is 18.3 Å². The minimum absolute atomic E-state index is 0.0415. The van der Waals surface area contributed by atoms with Gasteiger partial charge in [-0.05, 0) is 30.5 Å². The first-order valence-electron chi connectivity index (χ1n) is 9.87. The summed E-state index contributed by atoms with van der Waals surface area (Å²) in [6.07, 6.45) is 1.73. The van der Waals surface area contributed by atoms with Gasteiger partial charge in [0.2, 0.25) is 5.69 Å². The topological polar surface area (TPSA) is 95.2 Å². The predicted octanol–water partition coefficient (Wildman–Crippen LogP) is 1.35. The quantitative estimate of drug-likeness (QED) is 0.667. The normalized spacial score (nSPS) is 15.8. The molecule has 0 spiro atoms. The Morgan fingerprint density at radius 1 is 1.07 bits per heavy atom. The number of benzene rings is 2. The first-order valence-corrected chi connectivity index (χ1v) is 9.87. The molecule has 0 radical (unpaired) electrons. The van der Waals surface area contributed by atoms with Crippen LogP contribution < -0.4 is 16.6 Å². The summed E-state index contributed by atoms with van der Waals surface area (Å²) in [6.45, 7) is 1.00. The molecule has 1 fully saturated rings. The molecule has 0 unspecified atom stereocenters. The fourth-order valence-electron chi connectivity index (χ4n) is 3.40. The van der Waals surface area contributed by atoms with Crippen LogP contribution in [-0.2, 0) is 11.3 Å². The summed E-state index contributed by atoms with van der Waals surface area (Å²) in [7, 11) is 0. The van der Waals surface area contributed by atoms with Crippen LogP contribution in [0.1, 0.15) is 28.9 Å². The third-order valence-corrected chi connectivity index (χ3v) is 4.97. The Hall–Kier alpha value is -3.52. The number of carbonyl (C=O) groups excluding carboxylic acids is 1. The number of rotatable bonds is 6. The van der Waals surface area contributed by atoms with Crippen molar-refractivity contribution in [1.29, 1.82) is 0 Å². The van der Waals surface area contributed by atoms with E-state index >= 15 is 0 Å². The van der Waals surface area contributed by atoms with Gasteiger partial charge in [0.15, 0.2) is 0 Å². The summed E-state index contributed by atoms with van der Waals surface area (Å²) >= 11 is 0. The summed E-state index contributed by atoms with van der Waals surface area (Å²) in [5.41, 5.74) is -0.412. The van der Waals surface area contributed by atoms with Gasteiger partial charge in [-0.3, -0.25) is 14.2 Å². The van der Waals surface area contributed by atoms with Gasteiger partial charge in [0.1, 0.15) is 0 Å². The Morgan fingerprint density at radius 2 is 1.77 bits per heavy atom. The second kappa shape index (κ2) is 8.87. The minimum Gasteiger partial charge on any atom is -0.376 e. The third kappa shape index (κ3) is 4.23. The molecule has 1 saturated heterocycles. The van der Waals surface area contributed by atoms with Gasteiger partial charge in [-0.15, -0.1) is 0 Å². The second-order valence-electron chi connectivity index (χ2n) is 7.10. The van der Waals surface area contributed by atoms with Crippen molar-refractivity contribution >= 4 is 5.91 Å². The second-order valence-corrected chi connectivity index (χ2v) is 7.10. The van der Waals surface area contributed by atoms with Crippen LogP contribution in [0.4, 0.5) is 0 Å². The first-order chi connectivity index (χ1) is 14.6. The SMILES string of the molecule is O=C(NC[C@@H]1CCCO1)c1nn(-c2ccccc2)c(=O)n(Cc2ccccc2)c1=O. The van der Waals surface area contributed by atoms with E-state index in [1.165, 1.54) is 0 Å². The van der Waals surface area contributed by atoms with E-state index in [9.17, 15) is 14.4 Å². The van der Waals surface area contributed by atoms with Crippen molar-refractivity contribution in [3.63, 3.8) is 0 Å². The molecule has 8 nitrogen and oxygen atoms in total. The molecular weight excluding hydrogens is 384 g/mol. The zero-order chi connectivity index (χ0) is 20.9. The molecule has 1 atom stereocenters. The Bertz CT molecular complexity index is 1130. The number of hydrogen-bond donors (Lipinski definition) is 1. The molecule has 2 aromatic carbocycles. The summed E-state index contributed by atoms with van der Waals surface area (Å²) in [4.78, 5) is 38.8. The highest BCUT2D eigenvalue weighted by Crippen LogP contribution is 2.10. The molecule has 1 amide bonds. The Balaban J connectivity index is 1.74. The average molecular weight is 406 g/mol. The lowest BCUT2D eigenvalue weighted by atomic mass is 10.2. The highest BCUT2D eigenvalue weighted by Gasteiger charge is 2.22. The van der Waals surface area contributed by atoms with Crippen LogP contribution in [0.15, 0.2) is 70.3 Å². The highest BCUT2D eigenvalue weighted by atomic mass is 16.5. The zero-order valence-corrected chi connectivity index (χ0v) is 16.4. The maximum atomic E-state index is 13.0. The Morgan fingerprint density at radius 3 is 2.43 bits per heavy atom. The van der Waals surface area contributed by atoms with Crippen LogP contribution in [-0.4, -0.2) is 39.5 Å². The van der Waals surface area contributed by atoms with E-state index < -0.39 is 17.2 Å². The summed E-state index contributed by atoms with van der Waals surface area (Å²) < 4.78 is 7.64. The van der Waals surface area contributed by atoms with E-state index in [0.717, 1.165) is 27.7 Å². The number of aromatic nitrogens is 3. The number of para-hydroxylation sites is 1. The van der Waals surface area contributed by atoms with Crippen LogP contribution in [0.2, 0.25) is 0 Å². The number of ether oxygens (including phenoxy) is 1. The van der Waals surface area contributed by atoms with Crippen LogP contribution in [0.3, 0.4) is 0 Å². The average Bonchev–Trinajstić information content (AvgIpc) is 3.30. The van der Waals surface area contributed by atoms with Gasteiger partial charge in [-0.2, -0.15) is 9.78 Å². The van der Waals surface area contributed by atoms with Crippen molar-refractivity contribution in [2.75, 3.05) is 13.2 Å². The molecule has 0 bridgehead atoms. The van der Waals surface area contributed by atoms with Crippen LogP contribution in [0, 0.1) is 0 Å². The van der Waals surface area contributed by atoms with Gasteiger partial charge < -0.3 is 10.1 Å². The van der Waals surface area contributed by atoms with Crippen LogP contribution in [0.5, 0.6) is 0 Å². The van der Waals surface area contributed by atoms with E-state index in [4.69, 9.17) is 4.74 Å². The molecule has 4 rings (SSSR count). The van der Waals surface area contributed by atoms with E-state index in [0.29, 0.717) is 18.8 Å². The minimum atomic E-state index is -0.721. The molecule has 1 aliphatic rings. The van der Waals surface area contributed by atoms with Crippen LogP contribution in [0.25, 0.3) is 5.69 Å². The molecule has 1 aromatic heterocycles. The summed E-state index contributed by atoms with van der Waals surface area (Å²) in [5, 5.41) is 6.82. The Labute approximate surface area is 172 Å². The number of nitrogens with zero attached hydrogens (tertiary/aromatic N) is 3. The van der Waals surface area contributed by atoms with Crippen molar-refractivity contribution in [1.82, 2.24) is 19.7 Å². The predicted molar refractivity (Wildman–Crippen MR) is 111 cm³/mol. The smallest absolute Gasteiger partial charge is 0.352 e. The lowest BCUT2D eigenvalue weighted by molar-refractivity contribution is 0.0849. The lowest BCUT2D eigenvalue weighted by Gasteiger charge is -2.13. The van der Waals surface area contributed by atoms with Crippen molar-refractivity contribution in [2.24, 2.45) is 0 Å². The monoisotopic (exact) mass is 406 g/mol. The number of carbonyl (C=O) groups is 1. The van der Waals surface area contributed by atoms with Gasteiger partial charge in [-0.25, -0.2) is 4.79 Å². The molecule has 1 N–H and O–H groups in total. The maximum Gasteiger partial charge on any atom is 0.352 e. The standard InChI is InChI=1S/C22H22N4O4/c27-20(23-14-18-12-7-13-30-18)19-21(28)25(15-16-8-3-1-4-9-16)22(29)26(24-19)17-10-5-2-6-11-17/h1-6,8-11,18H,7,12-15H2,(H,23,27)/t18-/m0/s1. The first kappa shape index (κ1) is 19.8. The van der Waals surface area contributed by atoms with E-state index in [2.05, 4.69) is 10.4 Å². The van der Waals surface area contributed by atoms with Gasteiger partial charge in [0.25, 0.3) is 11.5 Å². The van der Waals surface area contributed by atoms with Gasteiger partial charge in [-0.1, -0.05) is 48.5 Å². The molecule has 0 saturated carbocycles. The molecule has 30 heavy (non-hydrogen) atoms. The molecule has 8 heteroatoms. The lowest BCUT2D eigenvalue weighted by Crippen LogP contribution is -2.46. The van der Waals surface area contributed by atoms with Gasteiger partial charge in [0.05, 0.1) is 18.3 Å². The fourth-order valence-corrected chi connectivity index (χ4v) is 3.40. The Kier molecular flexibility index (Phi) is 5.85. The van der Waals surface area contributed by atoms with Crippen molar-refractivity contribution < 1.29 is 9.53 Å². The van der Waals surface area contributed by atoms with E-state index in [1.54, 1.807) is 24.3 Å². The molecular formula is C22H22N4O4. The number of amides is 1. The van der Waals surface area contributed by atoms with E-state index in [1.807, 2.05) is 36.4 Å². The highest BCUT2D eigenvalue weighted by molar-refractivity contribution is 5.91.